The molecule has 1 aliphatic heterocycles. The van der Waals surface area contributed by atoms with Gasteiger partial charge in [-0.25, -0.2) is 4.98 Å². The summed E-state index contributed by atoms with van der Waals surface area (Å²) in [6.07, 6.45) is 0.798. The third kappa shape index (κ3) is 5.78. The molecule has 4 aromatic rings. The number of pyridine rings is 1. The largest absolute Gasteiger partial charge is 0.395 e. The Morgan fingerprint density at radius 2 is 1.53 bits per heavy atom. The van der Waals surface area contributed by atoms with Crippen molar-refractivity contribution in [1.82, 2.24) is 20.1 Å². The maximum Gasteiger partial charge on any atom is 0.252 e. The number of hydrogen-bond acceptors (Lipinski definition) is 5. The lowest BCUT2D eigenvalue weighted by Crippen LogP contribution is -2.47. The van der Waals surface area contributed by atoms with Gasteiger partial charge in [0, 0.05) is 55.8 Å². The molecule has 0 aliphatic carbocycles. The van der Waals surface area contributed by atoms with Gasteiger partial charge in [-0.3, -0.25) is 14.6 Å². The quantitative estimate of drug-likeness (QED) is 0.337. The minimum absolute atomic E-state index is 0.0644. The Morgan fingerprint density at radius 1 is 0.895 bits per heavy atom. The number of nitrogens with zero attached hydrogens (tertiary/aromatic N) is 3. The Hall–Kier alpha value is -3.58. The molecule has 0 spiro atoms. The van der Waals surface area contributed by atoms with Gasteiger partial charge in [0.2, 0.25) is 0 Å². The normalized spacial score (nSPS) is 15.4. The maximum atomic E-state index is 14.2. The molecule has 0 radical (unpaired) electrons. The lowest BCUT2D eigenvalue weighted by atomic mass is 9.94. The van der Waals surface area contributed by atoms with Gasteiger partial charge >= 0.3 is 0 Å². The van der Waals surface area contributed by atoms with Gasteiger partial charge in [-0.05, 0) is 18.1 Å². The van der Waals surface area contributed by atoms with E-state index in [1.54, 1.807) is 0 Å². The standard InChI is InChI=1S/C32H36N4O2/c1-2-28(24-11-5-3-6-12-24)34-32(38)30-26-15-9-10-16-29(26)33-31(25-13-7-4-8-14-25)27(30)23-36-19-17-35(18-20-36)21-22-37/h3-16,28,37H,2,17-23H2,1H3,(H,34,38)/t28-/m0/s1. The Kier molecular flexibility index (Phi) is 8.44. The zero-order valence-electron chi connectivity index (χ0n) is 22.0. The first-order chi connectivity index (χ1) is 18.7. The summed E-state index contributed by atoms with van der Waals surface area (Å²) < 4.78 is 0. The van der Waals surface area contributed by atoms with E-state index in [0.717, 1.165) is 65.9 Å². The van der Waals surface area contributed by atoms with Crippen molar-refractivity contribution in [3.05, 3.63) is 102 Å². The number of fused-ring (bicyclic) bond motifs is 1. The summed E-state index contributed by atoms with van der Waals surface area (Å²) >= 11 is 0. The molecule has 1 aliphatic rings. The van der Waals surface area contributed by atoms with Gasteiger partial charge in [0.25, 0.3) is 5.91 Å². The molecule has 2 N–H and O–H groups in total. The average Bonchev–Trinajstić information content (AvgIpc) is 2.97. The van der Waals surface area contributed by atoms with Crippen molar-refractivity contribution >= 4 is 16.8 Å². The highest BCUT2D eigenvalue weighted by atomic mass is 16.3. The lowest BCUT2D eigenvalue weighted by Gasteiger charge is -2.35. The highest BCUT2D eigenvalue weighted by Gasteiger charge is 2.26. The van der Waals surface area contributed by atoms with E-state index in [1.807, 2.05) is 60.7 Å². The molecule has 38 heavy (non-hydrogen) atoms. The molecular formula is C32H36N4O2. The van der Waals surface area contributed by atoms with E-state index in [-0.39, 0.29) is 18.6 Å². The molecule has 1 amide bonds. The van der Waals surface area contributed by atoms with Gasteiger partial charge in [0.1, 0.15) is 0 Å². The van der Waals surface area contributed by atoms with Gasteiger partial charge in [0.15, 0.2) is 0 Å². The van der Waals surface area contributed by atoms with Crippen LogP contribution in [-0.2, 0) is 6.54 Å². The van der Waals surface area contributed by atoms with E-state index in [9.17, 15) is 9.90 Å². The van der Waals surface area contributed by atoms with Crippen LogP contribution in [0.3, 0.4) is 0 Å². The number of β-amino-alcohol motifs (C(OH)–C–C–N with tert-alkyl or cyclic N) is 1. The Balaban J connectivity index is 1.58. The molecule has 0 unspecified atom stereocenters. The highest BCUT2D eigenvalue weighted by molar-refractivity contribution is 6.09. The van der Waals surface area contributed by atoms with Crippen LogP contribution in [0.2, 0.25) is 0 Å². The van der Waals surface area contributed by atoms with Crippen molar-refractivity contribution in [1.29, 1.82) is 0 Å². The van der Waals surface area contributed by atoms with Crippen LogP contribution in [-0.4, -0.2) is 65.1 Å². The second-order valence-electron chi connectivity index (χ2n) is 9.88. The molecule has 2 heterocycles. The van der Waals surface area contributed by atoms with Crippen LogP contribution in [0.4, 0.5) is 0 Å². The third-order valence-electron chi connectivity index (χ3n) is 7.45. The number of aliphatic hydroxyl groups is 1. The number of amides is 1. The number of aliphatic hydroxyl groups excluding tert-OH is 1. The first-order valence-electron chi connectivity index (χ1n) is 13.6. The van der Waals surface area contributed by atoms with E-state index >= 15 is 0 Å². The molecule has 1 saturated heterocycles. The third-order valence-corrected chi connectivity index (χ3v) is 7.45. The Labute approximate surface area is 224 Å². The van der Waals surface area contributed by atoms with Crippen LogP contribution >= 0.6 is 0 Å². The van der Waals surface area contributed by atoms with Crippen molar-refractivity contribution in [3.8, 4) is 11.3 Å². The summed E-state index contributed by atoms with van der Waals surface area (Å²) in [6, 6.07) is 28.2. The van der Waals surface area contributed by atoms with Crippen molar-refractivity contribution < 1.29 is 9.90 Å². The van der Waals surface area contributed by atoms with Crippen LogP contribution in [0.5, 0.6) is 0 Å². The monoisotopic (exact) mass is 508 g/mol. The molecule has 1 atom stereocenters. The number of benzene rings is 3. The number of carbonyl (C=O) groups is 1. The molecule has 196 valence electrons. The van der Waals surface area contributed by atoms with Crippen molar-refractivity contribution in [2.45, 2.75) is 25.9 Å². The van der Waals surface area contributed by atoms with Crippen molar-refractivity contribution in [3.63, 3.8) is 0 Å². The summed E-state index contributed by atoms with van der Waals surface area (Å²) in [5.74, 6) is -0.0644. The topological polar surface area (TPSA) is 68.7 Å². The second-order valence-corrected chi connectivity index (χ2v) is 9.88. The number of piperazine rings is 1. The van der Waals surface area contributed by atoms with Crippen LogP contribution < -0.4 is 5.32 Å². The molecule has 0 saturated carbocycles. The number of hydrogen-bond donors (Lipinski definition) is 2. The van der Waals surface area contributed by atoms with Gasteiger partial charge in [-0.15, -0.1) is 0 Å². The van der Waals surface area contributed by atoms with E-state index in [0.29, 0.717) is 18.7 Å². The maximum absolute atomic E-state index is 14.2. The highest BCUT2D eigenvalue weighted by Crippen LogP contribution is 2.32. The molecule has 6 nitrogen and oxygen atoms in total. The van der Waals surface area contributed by atoms with E-state index in [1.165, 1.54) is 0 Å². The molecular weight excluding hydrogens is 472 g/mol. The molecule has 1 aromatic heterocycles. The smallest absolute Gasteiger partial charge is 0.252 e. The number of nitrogens with one attached hydrogen (secondary N) is 1. The number of carbonyl (C=O) groups excluding carboxylic acids is 1. The first kappa shape index (κ1) is 26.0. The number of rotatable bonds is 9. The molecule has 6 heteroatoms. The van der Waals surface area contributed by atoms with Crippen molar-refractivity contribution in [2.75, 3.05) is 39.3 Å². The summed E-state index contributed by atoms with van der Waals surface area (Å²) in [5, 5.41) is 13.6. The molecule has 5 rings (SSSR count). The Morgan fingerprint density at radius 3 is 2.21 bits per heavy atom. The van der Waals surface area contributed by atoms with Gasteiger partial charge in [0.05, 0.1) is 29.4 Å². The second kappa shape index (κ2) is 12.3. The fourth-order valence-electron chi connectivity index (χ4n) is 5.37. The van der Waals surface area contributed by atoms with E-state index < -0.39 is 0 Å². The lowest BCUT2D eigenvalue weighted by molar-refractivity contribution is 0.0929. The van der Waals surface area contributed by atoms with E-state index in [2.05, 4.69) is 46.3 Å². The fourth-order valence-corrected chi connectivity index (χ4v) is 5.37. The zero-order valence-corrected chi connectivity index (χ0v) is 22.0. The van der Waals surface area contributed by atoms with Crippen LogP contribution in [0.25, 0.3) is 22.2 Å². The summed E-state index contributed by atoms with van der Waals surface area (Å²) in [6.45, 7) is 7.17. The molecule has 1 fully saturated rings. The van der Waals surface area contributed by atoms with Crippen LogP contribution in [0.1, 0.15) is 40.9 Å². The van der Waals surface area contributed by atoms with Crippen molar-refractivity contribution in [2.24, 2.45) is 0 Å². The van der Waals surface area contributed by atoms with Gasteiger partial charge in [-0.2, -0.15) is 0 Å². The fraction of sp³-hybridized carbons (Fsp3) is 0.312. The average molecular weight is 509 g/mol. The SMILES string of the molecule is CC[C@H](NC(=O)c1c(CN2CCN(CCO)CC2)c(-c2ccccc2)nc2ccccc12)c1ccccc1. The number of aromatic nitrogens is 1. The van der Waals surface area contributed by atoms with E-state index in [4.69, 9.17) is 4.98 Å². The summed E-state index contributed by atoms with van der Waals surface area (Å²) in [5.41, 5.74) is 5.47. The molecule has 3 aromatic carbocycles. The van der Waals surface area contributed by atoms with Gasteiger partial charge < -0.3 is 10.4 Å². The summed E-state index contributed by atoms with van der Waals surface area (Å²) in [7, 11) is 0. The first-order valence-corrected chi connectivity index (χ1v) is 13.6. The van der Waals surface area contributed by atoms with Crippen LogP contribution in [0, 0.1) is 0 Å². The predicted octanol–water partition coefficient (Wildman–Crippen LogP) is 4.89. The molecule has 0 bridgehead atoms. The Bertz CT molecular complexity index is 1350. The summed E-state index contributed by atoms with van der Waals surface area (Å²) in [4.78, 5) is 24.0. The predicted molar refractivity (Wildman–Crippen MR) is 153 cm³/mol. The van der Waals surface area contributed by atoms with Crippen LogP contribution in [0.15, 0.2) is 84.9 Å². The minimum atomic E-state index is -0.0781. The zero-order chi connectivity index (χ0) is 26.3. The minimum Gasteiger partial charge on any atom is -0.395 e. The number of para-hydroxylation sites is 1. The van der Waals surface area contributed by atoms with Gasteiger partial charge in [-0.1, -0.05) is 85.8 Å².